The highest BCUT2D eigenvalue weighted by molar-refractivity contribution is 5.66. The molecule has 0 fully saturated rings. The van der Waals surface area contributed by atoms with E-state index in [-0.39, 0.29) is 18.7 Å². The number of hydrogen-bond donors (Lipinski definition) is 2. The van der Waals surface area contributed by atoms with Gasteiger partial charge in [-0.15, -0.1) is 0 Å². The SMILES string of the molecule is Cc1cc(C(C)N)c([N+](=O)[O-])cc1OCCCC(=O)O. The van der Waals surface area contributed by atoms with Gasteiger partial charge in [-0.05, 0) is 31.9 Å². The van der Waals surface area contributed by atoms with Crippen molar-refractivity contribution in [3.63, 3.8) is 0 Å². The van der Waals surface area contributed by atoms with E-state index in [1.165, 1.54) is 6.07 Å². The molecule has 0 aliphatic rings. The number of rotatable bonds is 7. The number of carboxylic acid groups (broad SMARTS) is 1. The number of aliphatic carboxylic acids is 1. The highest BCUT2D eigenvalue weighted by atomic mass is 16.6. The van der Waals surface area contributed by atoms with E-state index in [1.54, 1.807) is 19.9 Å². The van der Waals surface area contributed by atoms with Crippen LogP contribution >= 0.6 is 0 Å². The smallest absolute Gasteiger partial charge is 0.303 e. The second-order valence-electron chi connectivity index (χ2n) is 4.57. The molecule has 0 aliphatic carbocycles. The van der Waals surface area contributed by atoms with Crippen molar-refractivity contribution in [3.8, 4) is 5.75 Å². The van der Waals surface area contributed by atoms with Crippen molar-refractivity contribution in [1.82, 2.24) is 0 Å². The summed E-state index contributed by atoms with van der Waals surface area (Å²) >= 11 is 0. The van der Waals surface area contributed by atoms with Crippen molar-refractivity contribution in [2.45, 2.75) is 32.7 Å². The first-order chi connectivity index (χ1) is 9.32. The van der Waals surface area contributed by atoms with E-state index in [0.717, 1.165) is 5.56 Å². The molecule has 1 unspecified atom stereocenters. The van der Waals surface area contributed by atoms with Gasteiger partial charge >= 0.3 is 5.97 Å². The summed E-state index contributed by atoms with van der Waals surface area (Å²) in [5.41, 5.74) is 6.82. The van der Waals surface area contributed by atoms with Gasteiger partial charge in [0.1, 0.15) is 5.75 Å². The van der Waals surface area contributed by atoms with Gasteiger partial charge in [0.25, 0.3) is 5.69 Å². The molecule has 20 heavy (non-hydrogen) atoms. The number of nitro benzene ring substituents is 1. The lowest BCUT2D eigenvalue weighted by Gasteiger charge is -2.13. The number of carbonyl (C=O) groups is 1. The summed E-state index contributed by atoms with van der Waals surface area (Å²) in [5, 5.41) is 19.5. The fourth-order valence-electron chi connectivity index (χ4n) is 1.78. The topological polar surface area (TPSA) is 116 Å². The molecular formula is C13H18N2O5. The molecule has 0 saturated heterocycles. The van der Waals surface area contributed by atoms with E-state index < -0.39 is 16.9 Å². The molecule has 0 bridgehead atoms. The second kappa shape index (κ2) is 6.85. The summed E-state index contributed by atoms with van der Waals surface area (Å²) in [6, 6.07) is 2.53. The molecule has 0 heterocycles. The van der Waals surface area contributed by atoms with Crippen LogP contribution in [-0.2, 0) is 4.79 Å². The van der Waals surface area contributed by atoms with E-state index in [2.05, 4.69) is 0 Å². The summed E-state index contributed by atoms with van der Waals surface area (Å²) in [5.74, 6) is -0.518. The second-order valence-corrected chi connectivity index (χ2v) is 4.57. The minimum Gasteiger partial charge on any atom is -0.493 e. The molecule has 0 amide bonds. The van der Waals surface area contributed by atoms with Crippen molar-refractivity contribution < 1.29 is 19.6 Å². The van der Waals surface area contributed by atoms with Gasteiger partial charge in [-0.3, -0.25) is 14.9 Å². The van der Waals surface area contributed by atoms with E-state index in [0.29, 0.717) is 17.7 Å². The Kier molecular flexibility index (Phi) is 5.45. The Bertz CT molecular complexity index is 514. The first-order valence-electron chi connectivity index (χ1n) is 6.22. The fourth-order valence-corrected chi connectivity index (χ4v) is 1.78. The van der Waals surface area contributed by atoms with Crippen LogP contribution in [0.5, 0.6) is 5.75 Å². The zero-order chi connectivity index (χ0) is 15.3. The number of nitrogens with two attached hydrogens (primary N) is 1. The molecule has 0 spiro atoms. The van der Waals surface area contributed by atoms with Crippen LogP contribution in [0.3, 0.4) is 0 Å². The van der Waals surface area contributed by atoms with Crippen LogP contribution in [0.2, 0.25) is 0 Å². The quantitative estimate of drug-likeness (QED) is 0.450. The molecule has 0 aliphatic heterocycles. The maximum absolute atomic E-state index is 11.0. The van der Waals surface area contributed by atoms with Crippen molar-refractivity contribution in [1.29, 1.82) is 0 Å². The van der Waals surface area contributed by atoms with Crippen LogP contribution in [0.4, 0.5) is 5.69 Å². The van der Waals surface area contributed by atoms with Gasteiger partial charge in [0.05, 0.1) is 17.6 Å². The Morgan fingerprint density at radius 2 is 2.20 bits per heavy atom. The molecule has 0 saturated carbocycles. The minimum atomic E-state index is -0.899. The Hall–Kier alpha value is -2.15. The van der Waals surface area contributed by atoms with Crippen molar-refractivity contribution in [2.75, 3.05) is 6.61 Å². The molecule has 0 radical (unpaired) electrons. The average Bonchev–Trinajstić information content (AvgIpc) is 2.34. The molecule has 0 aromatic heterocycles. The molecule has 1 aromatic rings. The van der Waals surface area contributed by atoms with Gasteiger partial charge in [-0.1, -0.05) is 0 Å². The van der Waals surface area contributed by atoms with Crippen molar-refractivity contribution >= 4 is 11.7 Å². The van der Waals surface area contributed by atoms with E-state index in [1.807, 2.05) is 0 Å². The maximum Gasteiger partial charge on any atom is 0.303 e. The van der Waals surface area contributed by atoms with Crippen molar-refractivity contribution in [2.24, 2.45) is 5.73 Å². The van der Waals surface area contributed by atoms with Gasteiger partial charge in [-0.25, -0.2) is 0 Å². The molecule has 3 N–H and O–H groups in total. The van der Waals surface area contributed by atoms with Gasteiger partial charge in [0.15, 0.2) is 0 Å². The lowest BCUT2D eigenvalue weighted by Crippen LogP contribution is -2.10. The first kappa shape index (κ1) is 15.9. The third-order valence-electron chi connectivity index (χ3n) is 2.80. The predicted octanol–water partition coefficient (Wildman–Crippen LogP) is 2.17. The fraction of sp³-hybridized carbons (Fsp3) is 0.462. The number of aryl methyl sites for hydroxylation is 1. The largest absolute Gasteiger partial charge is 0.493 e. The minimum absolute atomic E-state index is 0.000934. The molecule has 7 heteroatoms. The van der Waals surface area contributed by atoms with Crippen LogP contribution in [0.25, 0.3) is 0 Å². The number of hydrogen-bond acceptors (Lipinski definition) is 5. The molecule has 1 rings (SSSR count). The third-order valence-corrected chi connectivity index (χ3v) is 2.80. The molecule has 7 nitrogen and oxygen atoms in total. The summed E-state index contributed by atoms with van der Waals surface area (Å²) in [6.07, 6.45) is 0.344. The Labute approximate surface area is 116 Å². The Balaban J connectivity index is 2.89. The summed E-state index contributed by atoms with van der Waals surface area (Å²) in [6.45, 7) is 3.64. The number of carboxylic acids is 1. The highest BCUT2D eigenvalue weighted by Crippen LogP contribution is 2.31. The highest BCUT2D eigenvalue weighted by Gasteiger charge is 2.20. The van der Waals surface area contributed by atoms with Crippen molar-refractivity contribution in [3.05, 3.63) is 33.4 Å². The van der Waals surface area contributed by atoms with E-state index >= 15 is 0 Å². The monoisotopic (exact) mass is 282 g/mol. The number of nitro groups is 1. The van der Waals surface area contributed by atoms with Crippen LogP contribution in [0.15, 0.2) is 12.1 Å². The third kappa shape index (κ3) is 4.20. The number of nitrogens with zero attached hydrogens (tertiary/aromatic N) is 1. The van der Waals surface area contributed by atoms with Crippen LogP contribution in [0.1, 0.15) is 36.9 Å². The normalized spacial score (nSPS) is 11.9. The van der Waals surface area contributed by atoms with Gasteiger partial charge in [0.2, 0.25) is 0 Å². The molecule has 1 aromatic carbocycles. The van der Waals surface area contributed by atoms with Crippen LogP contribution in [-0.4, -0.2) is 22.6 Å². The summed E-state index contributed by atoms with van der Waals surface area (Å²) < 4.78 is 5.40. The summed E-state index contributed by atoms with van der Waals surface area (Å²) in [7, 11) is 0. The van der Waals surface area contributed by atoms with E-state index in [4.69, 9.17) is 15.6 Å². The number of ether oxygens (including phenoxy) is 1. The zero-order valence-corrected chi connectivity index (χ0v) is 11.5. The molecular weight excluding hydrogens is 264 g/mol. The zero-order valence-electron chi connectivity index (χ0n) is 11.5. The Morgan fingerprint density at radius 1 is 1.55 bits per heavy atom. The number of benzene rings is 1. The summed E-state index contributed by atoms with van der Waals surface area (Å²) in [4.78, 5) is 20.9. The average molecular weight is 282 g/mol. The van der Waals surface area contributed by atoms with Gasteiger partial charge in [0, 0.05) is 18.0 Å². The standard InChI is InChI=1S/C13H18N2O5/c1-8-6-10(9(2)14)11(15(18)19)7-12(8)20-5-3-4-13(16)17/h6-7,9H,3-5,14H2,1-2H3,(H,16,17). The molecule has 110 valence electrons. The van der Waals surface area contributed by atoms with Crippen LogP contribution in [0, 0.1) is 17.0 Å². The molecule has 1 atom stereocenters. The van der Waals surface area contributed by atoms with E-state index in [9.17, 15) is 14.9 Å². The Morgan fingerprint density at radius 3 is 2.70 bits per heavy atom. The maximum atomic E-state index is 11.0. The van der Waals surface area contributed by atoms with Gasteiger partial charge in [-0.2, -0.15) is 0 Å². The lowest BCUT2D eigenvalue weighted by atomic mass is 10.0. The predicted molar refractivity (Wildman–Crippen MR) is 72.8 cm³/mol. The lowest BCUT2D eigenvalue weighted by molar-refractivity contribution is -0.385. The van der Waals surface area contributed by atoms with Gasteiger partial charge < -0.3 is 15.6 Å². The van der Waals surface area contributed by atoms with Crippen LogP contribution < -0.4 is 10.5 Å². The first-order valence-corrected chi connectivity index (χ1v) is 6.22.